The molecule has 2 heterocycles. The summed E-state index contributed by atoms with van der Waals surface area (Å²) in [5, 5.41) is 27.0. The second kappa shape index (κ2) is 10.1. The summed E-state index contributed by atoms with van der Waals surface area (Å²) in [6.07, 6.45) is 8.19. The number of aliphatic hydroxyl groups is 2. The normalized spacial score (nSPS) is 54.4. The van der Waals surface area contributed by atoms with Gasteiger partial charge in [0.05, 0.1) is 36.6 Å². The first kappa shape index (κ1) is 31.3. The Morgan fingerprint density at radius 3 is 2.42 bits per heavy atom. The van der Waals surface area contributed by atoms with Crippen LogP contribution in [0.1, 0.15) is 107 Å². The van der Waals surface area contributed by atoms with Gasteiger partial charge < -0.3 is 34.5 Å². The molecule has 8 unspecified atom stereocenters. The van der Waals surface area contributed by atoms with E-state index in [1.54, 1.807) is 0 Å². The van der Waals surface area contributed by atoms with Crippen LogP contribution in [0, 0.1) is 50.7 Å². The van der Waals surface area contributed by atoms with E-state index in [-0.39, 0.29) is 40.8 Å². The highest BCUT2D eigenvalue weighted by Gasteiger charge is 2.84. The number of aliphatic hydroxyl groups excluding tert-OH is 1. The lowest BCUT2D eigenvalue weighted by molar-refractivity contribution is -0.237. The van der Waals surface area contributed by atoms with E-state index >= 15 is 0 Å². The molecule has 2 spiro atoms. The van der Waals surface area contributed by atoms with E-state index in [1.165, 1.54) is 38.5 Å². The maximum atomic E-state index is 12.5. The van der Waals surface area contributed by atoms with E-state index < -0.39 is 17.8 Å². The predicted molar refractivity (Wildman–Crippen MR) is 165 cm³/mol. The zero-order chi connectivity index (χ0) is 30.8. The predicted octanol–water partition coefficient (Wildman–Crippen LogP) is 5.31. The zero-order valence-electron chi connectivity index (χ0n) is 28.3. The maximum Gasteiger partial charge on any atom is 0.170 e. The molecule has 43 heavy (non-hydrogen) atoms. The van der Waals surface area contributed by atoms with E-state index in [0.717, 1.165) is 32.5 Å². The molecule has 7 heteroatoms. The van der Waals surface area contributed by atoms with Crippen LogP contribution in [-0.4, -0.2) is 78.9 Å². The van der Waals surface area contributed by atoms with Gasteiger partial charge in [-0.1, -0.05) is 34.6 Å². The van der Waals surface area contributed by atoms with Crippen LogP contribution in [-0.2, 0) is 18.9 Å². The molecule has 0 amide bonds. The summed E-state index contributed by atoms with van der Waals surface area (Å²) in [7, 11) is 0. The van der Waals surface area contributed by atoms with Gasteiger partial charge in [-0.15, -0.1) is 0 Å². The molecule has 7 nitrogen and oxygen atoms in total. The Morgan fingerprint density at radius 1 is 1.02 bits per heavy atom. The Hall–Kier alpha value is -0.280. The SMILES string of the molecule is CCO[C@@H](C1C[C@@H](C)[C@H]2C(O1)[C@H](O)[C@@]1(C)C3CCC4C(C)(C)C(O[C@H]5CNCCO5)CCC45CC35CCC21C)C(C)(C)O. The van der Waals surface area contributed by atoms with Gasteiger partial charge in [0, 0.05) is 25.1 Å². The van der Waals surface area contributed by atoms with Gasteiger partial charge in [0.15, 0.2) is 6.29 Å². The van der Waals surface area contributed by atoms with Crippen LogP contribution in [0.4, 0.5) is 0 Å². The number of morpholine rings is 1. The van der Waals surface area contributed by atoms with Crippen molar-refractivity contribution in [3.63, 3.8) is 0 Å². The van der Waals surface area contributed by atoms with Gasteiger partial charge in [-0.05, 0) is 117 Å². The van der Waals surface area contributed by atoms with Crippen molar-refractivity contribution in [1.29, 1.82) is 0 Å². The summed E-state index contributed by atoms with van der Waals surface area (Å²) in [5.74, 6) is 1.89. The molecule has 0 aromatic carbocycles. The molecule has 2 saturated heterocycles. The monoisotopic (exact) mass is 603 g/mol. The minimum atomic E-state index is -1.00. The highest BCUT2D eigenvalue weighted by Crippen LogP contribution is 2.89. The van der Waals surface area contributed by atoms with Crippen molar-refractivity contribution in [3.8, 4) is 0 Å². The van der Waals surface area contributed by atoms with E-state index in [9.17, 15) is 10.2 Å². The van der Waals surface area contributed by atoms with Crippen molar-refractivity contribution in [2.75, 3.05) is 26.3 Å². The van der Waals surface area contributed by atoms with Gasteiger partial charge in [-0.2, -0.15) is 0 Å². The van der Waals surface area contributed by atoms with E-state index in [2.05, 4.69) is 39.9 Å². The Balaban J connectivity index is 1.16. The summed E-state index contributed by atoms with van der Waals surface area (Å²) in [6, 6.07) is 0. The smallest absolute Gasteiger partial charge is 0.170 e. The summed E-state index contributed by atoms with van der Waals surface area (Å²) >= 11 is 0. The van der Waals surface area contributed by atoms with Gasteiger partial charge >= 0.3 is 0 Å². The van der Waals surface area contributed by atoms with Gasteiger partial charge in [-0.25, -0.2) is 0 Å². The summed E-state index contributed by atoms with van der Waals surface area (Å²) in [5.41, 5.74) is -0.354. The lowest BCUT2D eigenvalue weighted by Gasteiger charge is -2.64. The highest BCUT2D eigenvalue weighted by atomic mass is 16.7. The van der Waals surface area contributed by atoms with Gasteiger partial charge in [0.25, 0.3) is 0 Å². The highest BCUT2D eigenvalue weighted by molar-refractivity contribution is 5.33. The van der Waals surface area contributed by atoms with E-state index in [1.807, 2.05) is 20.8 Å². The Kier molecular flexibility index (Phi) is 7.37. The lowest BCUT2D eigenvalue weighted by atomic mass is 9.41. The minimum Gasteiger partial charge on any atom is -0.390 e. The van der Waals surface area contributed by atoms with Crippen LogP contribution in [0.3, 0.4) is 0 Å². The Labute approximate surface area is 260 Å². The van der Waals surface area contributed by atoms with Crippen LogP contribution in [0.15, 0.2) is 0 Å². The number of hydrogen-bond acceptors (Lipinski definition) is 7. The standard InChI is InChI=1S/C36H61NO6/c1-9-40-30(32(5,6)39)22-18-21(2)27-28(42-22)29(38)34(8)24-11-10-23-31(3,4)25(43-26-19-37-16-17-41-26)12-13-35(23)20-36(24,35)15-14-33(27,34)7/h21-30,37-39H,9-20H2,1-8H3/t21-,22?,23?,24?,25?,26+,27+,28?,29+,30+,33?,34-,35?,36?/m1/s1. The van der Waals surface area contributed by atoms with Crippen molar-refractivity contribution in [2.45, 2.75) is 149 Å². The zero-order valence-corrected chi connectivity index (χ0v) is 28.3. The second-order valence-electron chi connectivity index (χ2n) is 17.7. The van der Waals surface area contributed by atoms with Crippen LogP contribution < -0.4 is 5.32 Å². The molecule has 7 rings (SSSR count). The Morgan fingerprint density at radius 2 is 1.74 bits per heavy atom. The van der Waals surface area contributed by atoms with Crippen molar-refractivity contribution in [3.05, 3.63) is 0 Å². The van der Waals surface area contributed by atoms with Crippen molar-refractivity contribution >= 4 is 0 Å². The number of ether oxygens (including phenoxy) is 4. The topological polar surface area (TPSA) is 89.4 Å². The molecule has 7 aliphatic rings. The Bertz CT molecular complexity index is 1070. The van der Waals surface area contributed by atoms with Crippen molar-refractivity contribution in [1.82, 2.24) is 5.32 Å². The van der Waals surface area contributed by atoms with Crippen LogP contribution in [0.25, 0.3) is 0 Å². The fourth-order valence-corrected chi connectivity index (χ4v) is 13.5. The molecule has 7 fully saturated rings. The van der Waals surface area contributed by atoms with E-state index in [0.29, 0.717) is 41.1 Å². The molecule has 0 aromatic rings. The molecular weight excluding hydrogens is 542 g/mol. The third-order valence-electron chi connectivity index (χ3n) is 15.4. The third kappa shape index (κ3) is 4.10. The molecule has 3 N–H and O–H groups in total. The fraction of sp³-hybridized carbons (Fsp3) is 1.00. The molecule has 246 valence electrons. The molecule has 0 aromatic heterocycles. The molecular formula is C36H61NO6. The van der Waals surface area contributed by atoms with Crippen molar-refractivity contribution in [2.24, 2.45) is 50.7 Å². The summed E-state index contributed by atoms with van der Waals surface area (Å²) < 4.78 is 25.7. The first-order chi connectivity index (χ1) is 20.2. The first-order valence-electron chi connectivity index (χ1n) is 17.8. The number of nitrogens with one attached hydrogen (secondary N) is 1. The molecule has 14 atom stereocenters. The average Bonchev–Trinajstić information content (AvgIpc) is 3.58. The fourth-order valence-electron chi connectivity index (χ4n) is 13.5. The van der Waals surface area contributed by atoms with Crippen LogP contribution in [0.5, 0.6) is 0 Å². The number of rotatable bonds is 6. The third-order valence-corrected chi connectivity index (χ3v) is 15.4. The lowest BCUT2D eigenvalue weighted by Crippen LogP contribution is -2.60. The van der Waals surface area contributed by atoms with Gasteiger partial charge in [0.1, 0.15) is 6.10 Å². The molecule has 0 radical (unpaired) electrons. The van der Waals surface area contributed by atoms with Crippen LogP contribution in [0.2, 0.25) is 0 Å². The number of hydrogen-bond donors (Lipinski definition) is 3. The van der Waals surface area contributed by atoms with Crippen LogP contribution >= 0.6 is 0 Å². The van der Waals surface area contributed by atoms with Gasteiger partial charge in [0.2, 0.25) is 0 Å². The molecule has 5 aliphatic carbocycles. The van der Waals surface area contributed by atoms with E-state index in [4.69, 9.17) is 18.9 Å². The summed E-state index contributed by atoms with van der Waals surface area (Å²) in [6.45, 7) is 20.9. The largest absolute Gasteiger partial charge is 0.390 e. The van der Waals surface area contributed by atoms with Gasteiger partial charge in [-0.3, -0.25) is 0 Å². The van der Waals surface area contributed by atoms with Crippen molar-refractivity contribution < 1.29 is 29.2 Å². The average molecular weight is 604 g/mol. The second-order valence-corrected chi connectivity index (χ2v) is 17.7. The molecule has 0 bridgehead atoms. The quantitative estimate of drug-likeness (QED) is 0.379. The maximum absolute atomic E-state index is 12.5. The minimum absolute atomic E-state index is 0.0327. The first-order valence-corrected chi connectivity index (χ1v) is 17.8. The number of fused-ring (bicyclic) bond motifs is 4. The summed E-state index contributed by atoms with van der Waals surface area (Å²) in [4.78, 5) is 0. The molecule has 5 saturated carbocycles. The molecule has 2 aliphatic heterocycles.